The Labute approximate surface area is 81.6 Å². The molecule has 0 radical (unpaired) electrons. The molecule has 0 aromatic carbocycles. The quantitative estimate of drug-likeness (QED) is 0.552. The van der Waals surface area contributed by atoms with E-state index in [0.29, 0.717) is 6.42 Å². The Morgan fingerprint density at radius 1 is 1.64 bits per heavy atom. The lowest BCUT2D eigenvalue weighted by Gasteiger charge is -2.02. The van der Waals surface area contributed by atoms with Gasteiger partial charge in [0, 0.05) is 18.3 Å². The number of hydrogen-bond donors (Lipinski definition) is 2. The summed E-state index contributed by atoms with van der Waals surface area (Å²) in [5.41, 5.74) is 0.871. The number of amides is 1. The second kappa shape index (κ2) is 5.69. The molecule has 0 unspecified atom stereocenters. The van der Waals surface area contributed by atoms with Crippen molar-refractivity contribution >= 4 is 12.4 Å². The highest BCUT2D eigenvalue weighted by Crippen LogP contribution is 1.94. The number of hydrogen-bond acceptors (Lipinski definition) is 4. The van der Waals surface area contributed by atoms with E-state index in [0.717, 1.165) is 12.0 Å². The van der Waals surface area contributed by atoms with Crippen LogP contribution < -0.4 is 5.32 Å². The molecule has 1 rings (SSSR count). The van der Waals surface area contributed by atoms with Crippen LogP contribution in [0.25, 0.3) is 0 Å². The summed E-state index contributed by atoms with van der Waals surface area (Å²) in [4.78, 5) is 14.8. The van der Waals surface area contributed by atoms with Crippen molar-refractivity contribution in [3.05, 3.63) is 30.1 Å². The molecular weight excluding hydrogens is 182 g/mol. The number of pyridine rings is 1. The molecule has 0 saturated heterocycles. The molecule has 74 valence electrons. The Bertz CT molecular complexity index is 300. The number of aromatic nitrogens is 1. The fraction of sp³-hybridized carbons (Fsp3) is 0.222. The molecule has 1 amide bonds. The Kier molecular flexibility index (Phi) is 4.13. The molecule has 0 fully saturated rings. The lowest BCUT2D eigenvalue weighted by Crippen LogP contribution is -2.23. The van der Waals surface area contributed by atoms with E-state index >= 15 is 0 Å². The highest BCUT2D eigenvalue weighted by Gasteiger charge is 1.99. The smallest absolute Gasteiger partial charge is 0.412 e. The van der Waals surface area contributed by atoms with Gasteiger partial charge in [-0.15, -0.1) is 0 Å². The summed E-state index contributed by atoms with van der Waals surface area (Å²) in [5, 5.41) is 8.68. The van der Waals surface area contributed by atoms with E-state index in [2.05, 4.69) is 10.3 Å². The van der Waals surface area contributed by atoms with Crippen molar-refractivity contribution in [2.45, 2.75) is 6.42 Å². The second-order valence-electron chi connectivity index (χ2n) is 2.50. The van der Waals surface area contributed by atoms with E-state index in [1.54, 1.807) is 6.20 Å². The van der Waals surface area contributed by atoms with Gasteiger partial charge in [0.1, 0.15) is 0 Å². The molecule has 2 N–H and O–H groups in total. The molecule has 0 spiro atoms. The van der Waals surface area contributed by atoms with Gasteiger partial charge in [0.25, 0.3) is 0 Å². The SMILES string of the molecule is N=CNC(=O)OCCc1ccccn1. The number of nitrogens with zero attached hydrogens (tertiary/aromatic N) is 1. The normalized spacial score (nSPS) is 9.14. The average molecular weight is 193 g/mol. The van der Waals surface area contributed by atoms with Crippen LogP contribution in [0.3, 0.4) is 0 Å². The van der Waals surface area contributed by atoms with Crippen molar-refractivity contribution in [3.8, 4) is 0 Å². The van der Waals surface area contributed by atoms with Crippen molar-refractivity contribution in [2.75, 3.05) is 6.61 Å². The van der Waals surface area contributed by atoms with Gasteiger partial charge in [0.15, 0.2) is 0 Å². The van der Waals surface area contributed by atoms with E-state index < -0.39 is 6.09 Å². The van der Waals surface area contributed by atoms with Gasteiger partial charge in [0.05, 0.1) is 12.9 Å². The van der Waals surface area contributed by atoms with Gasteiger partial charge in [-0.25, -0.2) is 4.79 Å². The minimum Gasteiger partial charge on any atom is -0.449 e. The van der Waals surface area contributed by atoms with E-state index in [9.17, 15) is 4.79 Å². The summed E-state index contributed by atoms with van der Waals surface area (Å²) < 4.78 is 4.75. The van der Waals surface area contributed by atoms with Crippen molar-refractivity contribution in [1.29, 1.82) is 5.41 Å². The summed E-state index contributed by atoms with van der Waals surface area (Å²) in [6.45, 7) is 0.261. The zero-order valence-electron chi connectivity index (χ0n) is 7.56. The predicted molar refractivity (Wildman–Crippen MR) is 51.2 cm³/mol. The van der Waals surface area contributed by atoms with Crippen LogP contribution in [0.4, 0.5) is 4.79 Å². The van der Waals surface area contributed by atoms with Crippen LogP contribution in [0, 0.1) is 5.41 Å². The standard InChI is InChI=1S/C9H11N3O2/c10-7-12-9(13)14-6-4-8-3-1-2-5-11-8/h1-3,5,7H,4,6H2,(H2,10,12,13). The van der Waals surface area contributed by atoms with Crippen LogP contribution in [0.15, 0.2) is 24.4 Å². The minimum absolute atomic E-state index is 0.261. The molecule has 1 aromatic rings. The van der Waals surface area contributed by atoms with Gasteiger partial charge in [-0.1, -0.05) is 6.07 Å². The average Bonchev–Trinajstić information content (AvgIpc) is 2.20. The molecule has 0 bridgehead atoms. The van der Waals surface area contributed by atoms with Gasteiger partial charge in [-0.05, 0) is 12.1 Å². The van der Waals surface area contributed by atoms with E-state index in [-0.39, 0.29) is 6.61 Å². The Morgan fingerprint density at radius 3 is 3.14 bits per heavy atom. The Morgan fingerprint density at radius 2 is 2.50 bits per heavy atom. The van der Waals surface area contributed by atoms with Crippen molar-refractivity contribution in [2.24, 2.45) is 0 Å². The molecule has 0 aliphatic rings. The van der Waals surface area contributed by atoms with E-state index in [1.807, 2.05) is 18.2 Å². The Hall–Kier alpha value is -1.91. The summed E-state index contributed by atoms with van der Waals surface area (Å²) in [6, 6.07) is 5.56. The lowest BCUT2D eigenvalue weighted by molar-refractivity contribution is 0.153. The molecule has 1 aromatic heterocycles. The number of rotatable bonds is 4. The van der Waals surface area contributed by atoms with Crippen molar-refractivity contribution in [3.63, 3.8) is 0 Å². The summed E-state index contributed by atoms with van der Waals surface area (Å²) in [6.07, 6.45) is 2.43. The topological polar surface area (TPSA) is 75.1 Å². The first kappa shape index (κ1) is 10.2. The van der Waals surface area contributed by atoms with Crippen LogP contribution in [0.5, 0.6) is 0 Å². The molecule has 5 nitrogen and oxygen atoms in total. The third kappa shape index (κ3) is 3.66. The van der Waals surface area contributed by atoms with Crippen LogP contribution in [0.1, 0.15) is 5.69 Å². The molecule has 1 heterocycles. The first-order valence-corrected chi connectivity index (χ1v) is 4.15. The number of ether oxygens (including phenoxy) is 1. The van der Waals surface area contributed by atoms with Crippen molar-refractivity contribution < 1.29 is 9.53 Å². The predicted octanol–water partition coefficient (Wildman–Crippen LogP) is 0.957. The third-order valence-corrected chi connectivity index (χ3v) is 1.51. The number of carbonyl (C=O) groups excluding carboxylic acids is 1. The van der Waals surface area contributed by atoms with Gasteiger partial charge >= 0.3 is 6.09 Å². The summed E-state index contributed by atoms with van der Waals surface area (Å²) in [5.74, 6) is 0. The highest BCUT2D eigenvalue weighted by molar-refractivity contribution is 5.80. The molecule has 0 aliphatic carbocycles. The summed E-state index contributed by atoms with van der Waals surface area (Å²) >= 11 is 0. The molecular formula is C9H11N3O2. The molecule has 5 heteroatoms. The number of nitrogens with one attached hydrogen (secondary N) is 2. The maximum atomic E-state index is 10.7. The first-order chi connectivity index (χ1) is 6.83. The second-order valence-corrected chi connectivity index (χ2v) is 2.50. The van der Waals surface area contributed by atoms with Crippen LogP contribution in [-0.4, -0.2) is 24.0 Å². The zero-order valence-corrected chi connectivity index (χ0v) is 7.56. The van der Waals surface area contributed by atoms with Crippen molar-refractivity contribution in [1.82, 2.24) is 10.3 Å². The van der Waals surface area contributed by atoms with Gasteiger partial charge in [-0.3, -0.25) is 15.7 Å². The van der Waals surface area contributed by atoms with Crippen LogP contribution in [-0.2, 0) is 11.2 Å². The van der Waals surface area contributed by atoms with Gasteiger partial charge in [0.2, 0.25) is 0 Å². The highest BCUT2D eigenvalue weighted by atomic mass is 16.5. The monoisotopic (exact) mass is 193 g/mol. The van der Waals surface area contributed by atoms with E-state index in [1.165, 1.54) is 0 Å². The molecule has 0 atom stereocenters. The van der Waals surface area contributed by atoms with Crippen LogP contribution >= 0.6 is 0 Å². The van der Waals surface area contributed by atoms with Gasteiger partial charge in [-0.2, -0.15) is 0 Å². The third-order valence-electron chi connectivity index (χ3n) is 1.51. The maximum Gasteiger partial charge on any atom is 0.412 e. The molecule has 14 heavy (non-hydrogen) atoms. The molecule has 0 saturated carbocycles. The lowest BCUT2D eigenvalue weighted by atomic mass is 10.3. The number of alkyl carbamates (subject to hydrolysis) is 1. The zero-order chi connectivity index (χ0) is 10.2. The van der Waals surface area contributed by atoms with E-state index in [4.69, 9.17) is 10.1 Å². The fourth-order valence-corrected chi connectivity index (χ4v) is 0.895. The first-order valence-electron chi connectivity index (χ1n) is 4.15. The van der Waals surface area contributed by atoms with Crippen LogP contribution in [0.2, 0.25) is 0 Å². The number of carbonyl (C=O) groups is 1. The fourth-order valence-electron chi connectivity index (χ4n) is 0.895. The maximum absolute atomic E-state index is 10.7. The Balaban J connectivity index is 2.22. The summed E-state index contributed by atoms with van der Waals surface area (Å²) in [7, 11) is 0. The largest absolute Gasteiger partial charge is 0.449 e. The van der Waals surface area contributed by atoms with Gasteiger partial charge < -0.3 is 4.74 Å². The molecule has 0 aliphatic heterocycles. The minimum atomic E-state index is -0.615.